The van der Waals surface area contributed by atoms with Gasteiger partial charge in [-0.25, -0.2) is 21.8 Å². The Morgan fingerprint density at radius 1 is 0.639 bits per heavy atom. The summed E-state index contributed by atoms with van der Waals surface area (Å²) >= 11 is 6.26. The Hall–Kier alpha value is -4.54. The smallest absolute Gasteiger partial charge is 0.307 e. The summed E-state index contributed by atoms with van der Waals surface area (Å²) in [5.41, 5.74) is 6.15. The van der Waals surface area contributed by atoms with E-state index in [4.69, 9.17) is 11.6 Å². The fourth-order valence-corrected chi connectivity index (χ4v) is 14.0. The molecule has 4 aromatic rings. The van der Waals surface area contributed by atoms with Crippen LogP contribution in [-0.2, 0) is 55.3 Å². The molecule has 0 amide bonds. The average molecular weight is 893 g/mol. The van der Waals surface area contributed by atoms with Crippen LogP contribution in [0, 0.1) is 25.7 Å². The summed E-state index contributed by atoms with van der Waals surface area (Å²) in [4.78, 5) is 32.2. The van der Waals surface area contributed by atoms with Gasteiger partial charge in [0, 0.05) is 67.3 Å². The maximum absolute atomic E-state index is 13.7. The van der Waals surface area contributed by atoms with E-state index in [0.717, 1.165) is 28.2 Å². The number of nitrogens with zero attached hydrogens (tertiary/aromatic N) is 5. The summed E-state index contributed by atoms with van der Waals surface area (Å²) in [7, 11) is -7.52. The van der Waals surface area contributed by atoms with Gasteiger partial charge in [0.15, 0.2) is 0 Å². The molecule has 2 fully saturated rings. The summed E-state index contributed by atoms with van der Waals surface area (Å²) in [6.45, 7) is 13.8. The van der Waals surface area contributed by atoms with Gasteiger partial charge < -0.3 is 20.0 Å². The van der Waals surface area contributed by atoms with Gasteiger partial charge in [-0.3, -0.25) is 9.59 Å². The lowest BCUT2D eigenvalue weighted by atomic mass is 10.1. The predicted molar refractivity (Wildman–Crippen MR) is 235 cm³/mol. The molecule has 326 valence electrons. The van der Waals surface area contributed by atoms with E-state index in [2.05, 4.69) is 39.0 Å². The highest BCUT2D eigenvalue weighted by Crippen LogP contribution is 2.38. The number of carboxylic acid groups (broad SMARTS) is 2. The van der Waals surface area contributed by atoms with E-state index >= 15 is 0 Å². The molecule has 3 heterocycles. The molecule has 4 aliphatic rings. The van der Waals surface area contributed by atoms with Crippen molar-refractivity contribution in [2.75, 3.05) is 36.0 Å². The van der Waals surface area contributed by atoms with Gasteiger partial charge in [0.25, 0.3) is 0 Å². The van der Waals surface area contributed by atoms with Crippen molar-refractivity contribution in [1.29, 1.82) is 0 Å². The van der Waals surface area contributed by atoms with Crippen molar-refractivity contribution in [3.05, 3.63) is 111 Å². The molecule has 2 saturated heterocycles. The SMILES string of the molecule is Cc1ccc(N2C[C@@H](C)N(S(=O)(=O)c3cccc4c3CC(C(=O)O)C4)[C@@H](C)C2)cc1.Cc1cnc(N2C[C@@H](C)N(S(=O)(=O)c3cccc4c3CC(C(=O)O)C4)[C@@H](C)C2)cc1Cl. The number of sulfonamides is 2. The Balaban J connectivity index is 0.000000184. The second-order valence-electron chi connectivity index (χ2n) is 17.2. The summed E-state index contributed by atoms with van der Waals surface area (Å²) in [5.74, 6) is -2.15. The molecule has 16 heteroatoms. The molecule has 2 unspecified atom stereocenters. The molecule has 2 aliphatic carbocycles. The number of carbonyl (C=O) groups is 2. The monoisotopic (exact) mass is 891 g/mol. The number of hydrogen-bond acceptors (Lipinski definition) is 9. The Kier molecular flexibility index (Phi) is 12.6. The molecule has 1 aromatic heterocycles. The minimum Gasteiger partial charge on any atom is -0.481 e. The van der Waals surface area contributed by atoms with Crippen LogP contribution in [0.25, 0.3) is 0 Å². The Morgan fingerprint density at radius 2 is 1.07 bits per heavy atom. The van der Waals surface area contributed by atoms with Crippen LogP contribution in [0.4, 0.5) is 11.5 Å². The summed E-state index contributed by atoms with van der Waals surface area (Å²) in [6, 6.07) is 19.5. The summed E-state index contributed by atoms with van der Waals surface area (Å²) in [5, 5.41) is 19.4. The molecule has 13 nitrogen and oxygen atoms in total. The maximum atomic E-state index is 13.7. The standard InChI is InChI=1S/C23H28N2O4S.C22H26ClN3O4S/c1-15-7-9-20(10-8-15)24-13-16(2)25(17(3)14-24)30(28,29)22-6-4-5-18-11-19(23(26)27)12-21(18)22;1-13-10-24-21(9-19(13)23)25-11-14(2)26(15(3)12-25)31(29,30)20-6-4-5-16-7-17(22(27)28)8-18(16)20/h4-10,16-17,19H,11-14H2,1-3H3,(H,26,27);4-6,9-10,14-15,17H,7-8,11-12H2,1-3H3,(H,27,28)/t16-,17+,19?;14-,15+,17?. The van der Waals surface area contributed by atoms with Crippen LogP contribution >= 0.6 is 11.6 Å². The molecule has 2 N–H and O–H groups in total. The highest BCUT2D eigenvalue weighted by molar-refractivity contribution is 7.89. The van der Waals surface area contributed by atoms with Crippen molar-refractivity contribution in [2.45, 2.75) is 101 Å². The van der Waals surface area contributed by atoms with Crippen molar-refractivity contribution in [3.8, 4) is 0 Å². The lowest BCUT2D eigenvalue weighted by Crippen LogP contribution is -2.58. The fraction of sp³-hybridized carbons (Fsp3) is 0.444. The zero-order valence-corrected chi connectivity index (χ0v) is 37.7. The number of aryl methyl sites for hydroxylation is 2. The first-order valence-corrected chi connectivity index (χ1v) is 24.0. The molecule has 3 aromatic carbocycles. The van der Waals surface area contributed by atoms with Gasteiger partial charge in [0.1, 0.15) is 5.82 Å². The van der Waals surface area contributed by atoms with Crippen LogP contribution in [0.3, 0.4) is 0 Å². The number of aliphatic carboxylic acids is 2. The zero-order chi connectivity index (χ0) is 44.1. The van der Waals surface area contributed by atoms with Crippen LogP contribution in [0.1, 0.15) is 61.1 Å². The number of halogens is 1. The molecular formula is C45H54ClN5O8S2. The van der Waals surface area contributed by atoms with Gasteiger partial charge in [0.2, 0.25) is 20.0 Å². The third kappa shape index (κ3) is 8.77. The van der Waals surface area contributed by atoms with Crippen LogP contribution in [0.5, 0.6) is 0 Å². The van der Waals surface area contributed by atoms with Gasteiger partial charge in [-0.05, 0) is 125 Å². The molecule has 0 spiro atoms. The minimum atomic E-state index is -3.79. The number of rotatable bonds is 8. The van der Waals surface area contributed by atoms with Gasteiger partial charge in [-0.15, -0.1) is 0 Å². The molecule has 0 saturated carbocycles. The summed E-state index contributed by atoms with van der Waals surface area (Å²) < 4.78 is 58.0. The number of fused-ring (bicyclic) bond motifs is 2. The Labute approximate surface area is 364 Å². The Bertz CT molecular complexity index is 2530. The molecule has 61 heavy (non-hydrogen) atoms. The van der Waals surface area contributed by atoms with Gasteiger partial charge in [0.05, 0.1) is 21.6 Å². The number of carboxylic acids is 2. The third-order valence-electron chi connectivity index (χ3n) is 12.5. The lowest BCUT2D eigenvalue weighted by molar-refractivity contribution is -0.142. The first kappa shape index (κ1) is 44.5. The van der Waals surface area contributed by atoms with Gasteiger partial charge in [-0.2, -0.15) is 8.61 Å². The number of benzene rings is 3. The normalized spacial score (nSPS) is 24.4. The number of anilines is 2. The van der Waals surface area contributed by atoms with E-state index < -0.39 is 43.8 Å². The highest BCUT2D eigenvalue weighted by atomic mass is 35.5. The predicted octanol–water partition coefficient (Wildman–Crippen LogP) is 6.21. The molecular weight excluding hydrogens is 838 g/mol. The van der Waals surface area contributed by atoms with Crippen molar-refractivity contribution in [2.24, 2.45) is 11.8 Å². The van der Waals surface area contributed by atoms with Gasteiger partial charge >= 0.3 is 11.9 Å². The van der Waals surface area contributed by atoms with Crippen LogP contribution < -0.4 is 9.80 Å². The number of pyridine rings is 1. The summed E-state index contributed by atoms with van der Waals surface area (Å²) in [6.07, 6.45) is 3.00. The van der Waals surface area contributed by atoms with E-state index in [0.29, 0.717) is 55.2 Å². The number of hydrogen-bond donors (Lipinski definition) is 2. The minimum absolute atomic E-state index is 0.201. The van der Waals surface area contributed by atoms with Gasteiger partial charge in [-0.1, -0.05) is 53.6 Å². The maximum Gasteiger partial charge on any atom is 0.307 e. The fourth-order valence-electron chi connectivity index (χ4n) is 9.67. The van der Waals surface area contributed by atoms with Crippen LogP contribution in [0.2, 0.25) is 5.02 Å². The zero-order valence-electron chi connectivity index (χ0n) is 35.3. The highest BCUT2D eigenvalue weighted by Gasteiger charge is 2.43. The van der Waals surface area contributed by atoms with Crippen molar-refractivity contribution < 1.29 is 36.6 Å². The number of aromatic nitrogens is 1. The molecule has 0 bridgehead atoms. The second-order valence-corrected chi connectivity index (χ2v) is 21.2. The van der Waals surface area contributed by atoms with E-state index in [-0.39, 0.29) is 46.8 Å². The molecule has 0 radical (unpaired) electrons. The second kappa shape index (κ2) is 17.3. The van der Waals surface area contributed by atoms with E-state index in [1.165, 1.54) is 5.56 Å². The third-order valence-corrected chi connectivity index (χ3v) is 17.4. The first-order valence-electron chi connectivity index (χ1n) is 20.7. The Morgan fingerprint density at radius 3 is 1.48 bits per heavy atom. The molecule has 2 aliphatic heterocycles. The number of piperazine rings is 2. The van der Waals surface area contributed by atoms with Crippen molar-refractivity contribution in [3.63, 3.8) is 0 Å². The van der Waals surface area contributed by atoms with Crippen LogP contribution in [0.15, 0.2) is 82.7 Å². The van der Waals surface area contributed by atoms with E-state index in [1.807, 2.05) is 59.7 Å². The quantitative estimate of drug-likeness (QED) is 0.206. The molecule has 6 atom stereocenters. The topological polar surface area (TPSA) is 169 Å². The first-order chi connectivity index (χ1) is 28.8. The van der Waals surface area contributed by atoms with E-state index in [1.54, 1.807) is 39.1 Å². The van der Waals surface area contributed by atoms with Crippen molar-refractivity contribution >= 4 is 55.1 Å². The van der Waals surface area contributed by atoms with Crippen LogP contribution in [-0.4, -0.2) is 103 Å². The molecule has 8 rings (SSSR count). The average Bonchev–Trinajstić information content (AvgIpc) is 3.84. The van der Waals surface area contributed by atoms with E-state index in [9.17, 15) is 36.6 Å². The lowest BCUT2D eigenvalue weighted by Gasteiger charge is -2.44. The van der Waals surface area contributed by atoms with Crippen molar-refractivity contribution in [1.82, 2.24) is 13.6 Å². The largest absolute Gasteiger partial charge is 0.481 e.